The molecule has 1 aromatic heterocycles. The first-order valence-corrected chi connectivity index (χ1v) is 8.97. The van der Waals surface area contributed by atoms with Gasteiger partial charge in [0.2, 0.25) is 5.95 Å². The number of hydrogen-bond acceptors (Lipinski definition) is 5. The molecule has 6 nitrogen and oxygen atoms in total. The fourth-order valence-corrected chi connectivity index (χ4v) is 2.98. The van der Waals surface area contributed by atoms with Crippen LogP contribution in [0.15, 0.2) is 30.5 Å². The summed E-state index contributed by atoms with van der Waals surface area (Å²) in [5.74, 6) is 0.510. The summed E-state index contributed by atoms with van der Waals surface area (Å²) in [5.41, 5.74) is 1.19. The van der Waals surface area contributed by atoms with E-state index in [0.29, 0.717) is 28.8 Å². The number of carbonyl (C=O) groups excluding carboxylic acids is 1. The summed E-state index contributed by atoms with van der Waals surface area (Å²) in [6.45, 7) is 5.72. The number of anilines is 2. The van der Waals surface area contributed by atoms with Gasteiger partial charge in [0, 0.05) is 25.0 Å². The van der Waals surface area contributed by atoms with Gasteiger partial charge >= 0.3 is 6.36 Å². The number of carbonyl (C=O) groups is 1. The van der Waals surface area contributed by atoms with Crippen LogP contribution in [0.25, 0.3) is 0 Å². The highest BCUT2D eigenvalue weighted by Crippen LogP contribution is 2.24. The summed E-state index contributed by atoms with van der Waals surface area (Å²) >= 11 is 0. The number of benzene rings is 1. The third kappa shape index (κ3) is 5.11. The number of nitrogens with zero attached hydrogens (tertiary/aromatic N) is 3. The largest absolute Gasteiger partial charge is 0.573 e. The maximum absolute atomic E-state index is 12.5. The number of aryl methyl sites for hydroxylation is 1. The van der Waals surface area contributed by atoms with Crippen LogP contribution < -0.4 is 15.0 Å². The zero-order valence-corrected chi connectivity index (χ0v) is 15.6. The van der Waals surface area contributed by atoms with Crippen LogP contribution in [0, 0.1) is 12.8 Å². The zero-order valence-electron chi connectivity index (χ0n) is 15.6. The zero-order chi connectivity index (χ0) is 20.3. The Labute approximate surface area is 160 Å². The normalized spacial score (nSPS) is 15.4. The van der Waals surface area contributed by atoms with E-state index in [2.05, 4.69) is 31.8 Å². The van der Waals surface area contributed by atoms with Crippen molar-refractivity contribution in [3.63, 3.8) is 0 Å². The minimum absolute atomic E-state index is 0.310. The molecule has 2 aromatic rings. The van der Waals surface area contributed by atoms with E-state index >= 15 is 0 Å². The minimum Gasteiger partial charge on any atom is -0.406 e. The van der Waals surface area contributed by atoms with Crippen molar-refractivity contribution in [2.24, 2.45) is 5.92 Å². The molecule has 0 bridgehead atoms. The van der Waals surface area contributed by atoms with Gasteiger partial charge in [0.15, 0.2) is 0 Å². The van der Waals surface area contributed by atoms with Crippen molar-refractivity contribution in [3.05, 3.63) is 41.7 Å². The lowest BCUT2D eigenvalue weighted by atomic mass is 10.00. The molecule has 0 saturated carbocycles. The van der Waals surface area contributed by atoms with E-state index in [1.165, 1.54) is 18.3 Å². The van der Waals surface area contributed by atoms with Crippen LogP contribution in [-0.2, 0) is 0 Å². The SMILES string of the molecule is Cc1nc(N2CCC(C)CC2)ncc1C(=O)Nc1ccc(OC(F)(F)F)cc1. The van der Waals surface area contributed by atoms with Gasteiger partial charge in [-0.25, -0.2) is 9.97 Å². The molecule has 0 unspecified atom stereocenters. The third-order valence-electron chi connectivity index (χ3n) is 4.62. The molecule has 3 rings (SSSR count). The first-order chi connectivity index (χ1) is 13.2. The molecule has 150 valence electrons. The van der Waals surface area contributed by atoms with Crippen LogP contribution in [0.2, 0.25) is 0 Å². The maximum atomic E-state index is 12.5. The Balaban J connectivity index is 1.65. The van der Waals surface area contributed by atoms with Gasteiger partial charge in [0.05, 0.1) is 11.3 Å². The molecule has 1 amide bonds. The van der Waals surface area contributed by atoms with Crippen molar-refractivity contribution < 1.29 is 22.7 Å². The first-order valence-electron chi connectivity index (χ1n) is 8.97. The number of halogens is 3. The fourth-order valence-electron chi connectivity index (χ4n) is 2.98. The summed E-state index contributed by atoms with van der Waals surface area (Å²) in [6.07, 6.45) is -1.11. The van der Waals surface area contributed by atoms with Crippen molar-refractivity contribution in [1.29, 1.82) is 0 Å². The van der Waals surface area contributed by atoms with Crippen LogP contribution in [0.5, 0.6) is 5.75 Å². The Morgan fingerprint density at radius 3 is 2.43 bits per heavy atom. The third-order valence-corrected chi connectivity index (χ3v) is 4.62. The first kappa shape index (κ1) is 19.9. The van der Waals surface area contributed by atoms with Crippen LogP contribution in [0.3, 0.4) is 0 Å². The molecule has 0 radical (unpaired) electrons. The number of aromatic nitrogens is 2. The minimum atomic E-state index is -4.76. The molecule has 9 heteroatoms. The van der Waals surface area contributed by atoms with Gasteiger partial charge in [-0.15, -0.1) is 13.2 Å². The lowest BCUT2D eigenvalue weighted by molar-refractivity contribution is -0.274. The van der Waals surface area contributed by atoms with Crippen molar-refractivity contribution in [2.75, 3.05) is 23.3 Å². The quantitative estimate of drug-likeness (QED) is 0.843. The monoisotopic (exact) mass is 394 g/mol. The second-order valence-electron chi connectivity index (χ2n) is 6.86. The Morgan fingerprint density at radius 2 is 1.86 bits per heavy atom. The molecule has 1 aliphatic heterocycles. The Morgan fingerprint density at radius 1 is 1.21 bits per heavy atom. The fraction of sp³-hybridized carbons (Fsp3) is 0.421. The molecule has 1 aromatic carbocycles. The summed E-state index contributed by atoms with van der Waals surface area (Å²) < 4.78 is 40.4. The number of rotatable bonds is 4. The maximum Gasteiger partial charge on any atom is 0.573 e. The Bertz CT molecular complexity index is 832. The van der Waals surface area contributed by atoms with Crippen molar-refractivity contribution in [3.8, 4) is 5.75 Å². The van der Waals surface area contributed by atoms with E-state index in [1.54, 1.807) is 6.92 Å². The molecule has 2 heterocycles. The number of piperidine rings is 1. The van der Waals surface area contributed by atoms with E-state index in [4.69, 9.17) is 0 Å². The molecular weight excluding hydrogens is 373 g/mol. The van der Waals surface area contributed by atoms with Gasteiger partial charge in [0.1, 0.15) is 5.75 Å². The topological polar surface area (TPSA) is 67.4 Å². The van der Waals surface area contributed by atoms with Gasteiger partial charge in [-0.1, -0.05) is 6.92 Å². The van der Waals surface area contributed by atoms with E-state index < -0.39 is 12.3 Å². The van der Waals surface area contributed by atoms with Crippen LogP contribution in [-0.4, -0.2) is 35.3 Å². The summed E-state index contributed by atoms with van der Waals surface area (Å²) in [5, 5.41) is 2.62. The highest BCUT2D eigenvalue weighted by molar-refractivity contribution is 6.04. The highest BCUT2D eigenvalue weighted by Gasteiger charge is 2.31. The van der Waals surface area contributed by atoms with Gasteiger partial charge in [0.25, 0.3) is 5.91 Å². The molecule has 1 aliphatic rings. The molecule has 0 atom stereocenters. The van der Waals surface area contributed by atoms with Crippen molar-refractivity contribution in [1.82, 2.24) is 9.97 Å². The van der Waals surface area contributed by atoms with Crippen molar-refractivity contribution >= 4 is 17.5 Å². The van der Waals surface area contributed by atoms with Crippen LogP contribution in [0.4, 0.5) is 24.8 Å². The predicted octanol–water partition coefficient (Wildman–Crippen LogP) is 4.17. The van der Waals surface area contributed by atoms with E-state index in [1.807, 2.05) is 0 Å². The lowest BCUT2D eigenvalue weighted by Crippen LogP contribution is -2.34. The van der Waals surface area contributed by atoms with Crippen LogP contribution in [0.1, 0.15) is 35.8 Å². The number of hydrogen-bond donors (Lipinski definition) is 1. The molecular formula is C19H21F3N4O2. The van der Waals surface area contributed by atoms with Gasteiger partial charge in [-0.05, 0) is 49.9 Å². The number of ether oxygens (including phenoxy) is 1. The smallest absolute Gasteiger partial charge is 0.406 e. The summed E-state index contributed by atoms with van der Waals surface area (Å²) in [4.78, 5) is 23.3. The standard InChI is InChI=1S/C19H21F3N4O2/c1-12-7-9-26(10-8-12)18-23-11-16(13(2)24-18)17(27)25-14-3-5-15(6-4-14)28-19(20,21)22/h3-6,11-12H,7-10H2,1-2H3,(H,25,27). The second-order valence-corrected chi connectivity index (χ2v) is 6.86. The van der Waals surface area contributed by atoms with Gasteiger partial charge in [-0.3, -0.25) is 4.79 Å². The second kappa shape index (κ2) is 8.04. The molecule has 0 spiro atoms. The number of alkyl halides is 3. The number of amides is 1. The predicted molar refractivity (Wildman–Crippen MR) is 98.5 cm³/mol. The number of nitrogens with one attached hydrogen (secondary N) is 1. The molecule has 0 aliphatic carbocycles. The Hall–Kier alpha value is -2.84. The van der Waals surface area contributed by atoms with Crippen molar-refractivity contribution in [2.45, 2.75) is 33.1 Å². The van der Waals surface area contributed by atoms with E-state index in [0.717, 1.165) is 38.1 Å². The van der Waals surface area contributed by atoms with Gasteiger partial charge in [-0.2, -0.15) is 0 Å². The highest BCUT2D eigenvalue weighted by atomic mass is 19.4. The average molecular weight is 394 g/mol. The van der Waals surface area contributed by atoms with E-state index in [9.17, 15) is 18.0 Å². The van der Waals surface area contributed by atoms with Gasteiger partial charge < -0.3 is 15.0 Å². The molecule has 28 heavy (non-hydrogen) atoms. The van der Waals surface area contributed by atoms with E-state index in [-0.39, 0.29) is 5.75 Å². The van der Waals surface area contributed by atoms with Crippen LogP contribution >= 0.6 is 0 Å². The molecule has 1 N–H and O–H groups in total. The lowest BCUT2D eigenvalue weighted by Gasteiger charge is -2.30. The average Bonchev–Trinajstić information content (AvgIpc) is 2.62. The molecule has 1 fully saturated rings. The molecule has 1 saturated heterocycles. The summed E-state index contributed by atoms with van der Waals surface area (Å²) in [6, 6.07) is 4.93. The Kier molecular flexibility index (Phi) is 5.71. The summed E-state index contributed by atoms with van der Waals surface area (Å²) in [7, 11) is 0.